The molecule has 0 bridgehead atoms. The molecule has 1 aromatic rings. The maximum Gasteiger partial charge on any atom is 0.314 e. The molecule has 1 saturated carbocycles. The molecule has 0 unspecified atom stereocenters. The van der Waals surface area contributed by atoms with E-state index in [4.69, 9.17) is 16.3 Å². The Morgan fingerprint density at radius 1 is 1.56 bits per heavy atom. The van der Waals surface area contributed by atoms with Crippen LogP contribution in [0.4, 0.5) is 4.39 Å². The van der Waals surface area contributed by atoms with E-state index in [2.05, 4.69) is 0 Å². The van der Waals surface area contributed by atoms with Crippen LogP contribution >= 0.6 is 11.6 Å². The topological polar surface area (TPSA) is 46.5 Å². The van der Waals surface area contributed by atoms with E-state index in [0.29, 0.717) is 23.4 Å². The summed E-state index contributed by atoms with van der Waals surface area (Å²) in [6.07, 6.45) is 1.69. The minimum atomic E-state index is -1.11. The van der Waals surface area contributed by atoms with E-state index in [1.807, 2.05) is 0 Å². The van der Waals surface area contributed by atoms with Gasteiger partial charge >= 0.3 is 5.97 Å². The molecule has 1 N–H and O–H groups in total. The number of hydrogen-bond donors (Lipinski definition) is 1. The van der Waals surface area contributed by atoms with Crippen LogP contribution in [0.1, 0.15) is 30.4 Å². The standard InChI is InChI=1S/C13H14ClFO3/c1-18-7-8-5-9(14)6-10(11(8)15)13(12(16)17)3-2-4-13/h5-6H,2-4,7H2,1H3,(H,16,17). The van der Waals surface area contributed by atoms with E-state index in [9.17, 15) is 14.3 Å². The third kappa shape index (κ3) is 1.99. The van der Waals surface area contributed by atoms with Gasteiger partial charge in [-0.05, 0) is 25.0 Å². The van der Waals surface area contributed by atoms with Gasteiger partial charge in [0.15, 0.2) is 0 Å². The minimum Gasteiger partial charge on any atom is -0.481 e. The first-order valence-corrected chi connectivity index (χ1v) is 6.10. The van der Waals surface area contributed by atoms with Gasteiger partial charge in [-0.25, -0.2) is 4.39 Å². The molecule has 0 amide bonds. The number of methoxy groups -OCH3 is 1. The van der Waals surface area contributed by atoms with Crippen molar-refractivity contribution in [1.82, 2.24) is 0 Å². The Hall–Kier alpha value is -1.13. The fourth-order valence-corrected chi connectivity index (χ4v) is 2.62. The van der Waals surface area contributed by atoms with Crippen molar-refractivity contribution in [2.45, 2.75) is 31.3 Å². The molecule has 0 aromatic heterocycles. The Morgan fingerprint density at radius 3 is 2.67 bits per heavy atom. The van der Waals surface area contributed by atoms with Crippen LogP contribution in [0.3, 0.4) is 0 Å². The quantitative estimate of drug-likeness (QED) is 0.916. The lowest BCUT2D eigenvalue weighted by molar-refractivity contribution is -0.147. The second-order valence-corrected chi connectivity index (χ2v) is 5.04. The van der Waals surface area contributed by atoms with Gasteiger partial charge in [0, 0.05) is 23.3 Å². The zero-order chi connectivity index (χ0) is 13.3. The first kappa shape index (κ1) is 13.3. The van der Waals surface area contributed by atoms with Gasteiger partial charge in [0.25, 0.3) is 0 Å². The van der Waals surface area contributed by atoms with Crippen LogP contribution in [-0.4, -0.2) is 18.2 Å². The monoisotopic (exact) mass is 272 g/mol. The van der Waals surface area contributed by atoms with Gasteiger partial charge in [-0.1, -0.05) is 18.0 Å². The molecule has 0 saturated heterocycles. The Labute approximate surface area is 110 Å². The number of benzene rings is 1. The van der Waals surface area contributed by atoms with Crippen LogP contribution in [0.15, 0.2) is 12.1 Å². The molecule has 98 valence electrons. The summed E-state index contributed by atoms with van der Waals surface area (Å²) >= 11 is 5.93. The van der Waals surface area contributed by atoms with Crippen molar-refractivity contribution in [3.05, 3.63) is 34.1 Å². The summed E-state index contributed by atoms with van der Waals surface area (Å²) in [5, 5.41) is 9.67. The van der Waals surface area contributed by atoms with Gasteiger partial charge in [0.1, 0.15) is 5.82 Å². The normalized spacial score (nSPS) is 17.3. The Balaban J connectivity index is 2.53. The fraction of sp³-hybridized carbons (Fsp3) is 0.462. The zero-order valence-corrected chi connectivity index (χ0v) is 10.8. The Kier molecular flexibility index (Phi) is 3.59. The number of ether oxygens (including phenoxy) is 1. The molecule has 1 fully saturated rings. The molecule has 0 aliphatic heterocycles. The fourth-order valence-electron chi connectivity index (χ4n) is 2.38. The predicted octanol–water partition coefficient (Wildman–Crippen LogP) is 3.13. The number of carboxylic acid groups (broad SMARTS) is 1. The van der Waals surface area contributed by atoms with Crippen LogP contribution in [0.2, 0.25) is 5.02 Å². The van der Waals surface area contributed by atoms with Crippen LogP contribution in [0, 0.1) is 5.82 Å². The van der Waals surface area contributed by atoms with E-state index in [1.54, 1.807) is 0 Å². The summed E-state index contributed by atoms with van der Waals surface area (Å²) in [4.78, 5) is 11.4. The molecule has 0 radical (unpaired) electrons. The maximum absolute atomic E-state index is 14.3. The molecule has 1 aliphatic rings. The summed E-state index contributed by atoms with van der Waals surface area (Å²) in [5.41, 5.74) is -0.634. The molecule has 2 rings (SSSR count). The molecule has 0 heterocycles. The molecule has 3 nitrogen and oxygen atoms in total. The van der Waals surface area contributed by atoms with Crippen LogP contribution < -0.4 is 0 Å². The van der Waals surface area contributed by atoms with Crippen LogP contribution in [0.25, 0.3) is 0 Å². The highest BCUT2D eigenvalue weighted by Gasteiger charge is 2.48. The zero-order valence-electron chi connectivity index (χ0n) is 10.0. The Morgan fingerprint density at radius 2 is 2.22 bits per heavy atom. The van der Waals surface area contributed by atoms with Crippen molar-refractivity contribution in [1.29, 1.82) is 0 Å². The van der Waals surface area contributed by atoms with Crippen molar-refractivity contribution in [3.8, 4) is 0 Å². The van der Waals surface area contributed by atoms with Crippen molar-refractivity contribution in [3.63, 3.8) is 0 Å². The highest BCUT2D eigenvalue weighted by molar-refractivity contribution is 6.30. The van der Waals surface area contributed by atoms with Crippen LogP contribution in [-0.2, 0) is 21.6 Å². The smallest absolute Gasteiger partial charge is 0.314 e. The van der Waals surface area contributed by atoms with Gasteiger partial charge in [0.05, 0.1) is 12.0 Å². The summed E-state index contributed by atoms with van der Waals surface area (Å²) in [6, 6.07) is 2.89. The third-order valence-corrected chi connectivity index (χ3v) is 3.76. The largest absolute Gasteiger partial charge is 0.481 e. The highest BCUT2D eigenvalue weighted by Crippen LogP contribution is 2.46. The minimum absolute atomic E-state index is 0.0785. The number of halogens is 2. The Bertz CT molecular complexity index is 483. The third-order valence-electron chi connectivity index (χ3n) is 3.54. The van der Waals surface area contributed by atoms with Gasteiger partial charge in [-0.2, -0.15) is 0 Å². The second-order valence-electron chi connectivity index (χ2n) is 4.60. The van der Waals surface area contributed by atoms with Crippen LogP contribution in [0.5, 0.6) is 0 Å². The lowest BCUT2D eigenvalue weighted by Gasteiger charge is -2.38. The molecule has 0 atom stereocenters. The van der Waals surface area contributed by atoms with Crippen molar-refractivity contribution in [2.75, 3.05) is 7.11 Å². The van der Waals surface area contributed by atoms with E-state index >= 15 is 0 Å². The first-order valence-electron chi connectivity index (χ1n) is 5.72. The van der Waals surface area contributed by atoms with E-state index in [-0.39, 0.29) is 12.2 Å². The lowest BCUT2D eigenvalue weighted by atomic mass is 9.64. The predicted molar refractivity (Wildman–Crippen MR) is 65.3 cm³/mol. The number of carboxylic acids is 1. The van der Waals surface area contributed by atoms with Gasteiger partial charge < -0.3 is 9.84 Å². The number of rotatable bonds is 4. The second kappa shape index (κ2) is 4.86. The summed E-state index contributed by atoms with van der Waals surface area (Å²) in [7, 11) is 1.45. The number of hydrogen-bond acceptors (Lipinski definition) is 2. The van der Waals surface area contributed by atoms with E-state index < -0.39 is 17.2 Å². The maximum atomic E-state index is 14.3. The first-order chi connectivity index (χ1) is 8.51. The molecule has 1 aliphatic carbocycles. The molecule has 18 heavy (non-hydrogen) atoms. The molecular weight excluding hydrogens is 259 g/mol. The molecular formula is C13H14ClFO3. The number of carbonyl (C=O) groups is 1. The van der Waals surface area contributed by atoms with Gasteiger partial charge in [0.2, 0.25) is 0 Å². The molecule has 0 spiro atoms. The highest BCUT2D eigenvalue weighted by atomic mass is 35.5. The average Bonchev–Trinajstić information content (AvgIpc) is 2.22. The average molecular weight is 273 g/mol. The SMILES string of the molecule is COCc1cc(Cl)cc(C2(C(=O)O)CCC2)c1F. The molecule has 1 aromatic carbocycles. The van der Waals surface area contributed by atoms with Crippen molar-refractivity contribution in [2.24, 2.45) is 0 Å². The summed E-state index contributed by atoms with van der Waals surface area (Å²) in [6.45, 7) is 0.0785. The van der Waals surface area contributed by atoms with E-state index in [0.717, 1.165) is 6.42 Å². The van der Waals surface area contributed by atoms with Gasteiger partial charge in [-0.3, -0.25) is 4.79 Å². The molecule has 5 heteroatoms. The van der Waals surface area contributed by atoms with E-state index in [1.165, 1.54) is 19.2 Å². The van der Waals surface area contributed by atoms with Gasteiger partial charge in [-0.15, -0.1) is 0 Å². The van der Waals surface area contributed by atoms with Crippen molar-refractivity contribution < 1.29 is 19.0 Å². The van der Waals surface area contributed by atoms with Crippen molar-refractivity contribution >= 4 is 17.6 Å². The number of aliphatic carboxylic acids is 1. The summed E-state index contributed by atoms with van der Waals surface area (Å²) < 4.78 is 19.2. The summed E-state index contributed by atoms with van der Waals surface area (Å²) in [5.74, 6) is -1.50. The lowest BCUT2D eigenvalue weighted by Crippen LogP contribution is -2.43.